The zero-order valence-corrected chi connectivity index (χ0v) is 12.1. The molecule has 0 unspecified atom stereocenters. The fourth-order valence-corrected chi connectivity index (χ4v) is 2.91. The van der Waals surface area contributed by atoms with E-state index in [2.05, 4.69) is 0 Å². The maximum atomic E-state index is 12.3. The molecule has 0 bridgehead atoms. The molecule has 7 heteroatoms. The van der Waals surface area contributed by atoms with Crippen molar-refractivity contribution in [1.82, 2.24) is 0 Å². The molecule has 0 spiro atoms. The molecule has 7 nitrogen and oxygen atoms in total. The monoisotopic (exact) mass is 314 g/mol. The summed E-state index contributed by atoms with van der Waals surface area (Å²) in [4.78, 5) is 24.5. The first-order chi connectivity index (χ1) is 10.9. The van der Waals surface area contributed by atoms with Gasteiger partial charge in [-0.25, -0.2) is 9.59 Å². The number of ether oxygens (including phenoxy) is 1. The molecule has 0 fully saturated rings. The van der Waals surface area contributed by atoms with Crippen LogP contribution in [0.3, 0.4) is 0 Å². The predicted octanol–water partition coefficient (Wildman–Crippen LogP) is 2.22. The van der Waals surface area contributed by atoms with Crippen LogP contribution >= 0.6 is 0 Å². The molecular weight excluding hydrogens is 304 g/mol. The molecule has 2 heterocycles. The van der Waals surface area contributed by atoms with E-state index < -0.39 is 11.3 Å². The van der Waals surface area contributed by atoms with Crippen LogP contribution in [0.2, 0.25) is 0 Å². The lowest BCUT2D eigenvalue weighted by molar-refractivity contribution is 0.369. The first-order valence-electron chi connectivity index (χ1n) is 6.69. The van der Waals surface area contributed by atoms with E-state index in [1.807, 2.05) is 0 Å². The highest BCUT2D eigenvalue weighted by Crippen LogP contribution is 2.43. The molecule has 2 N–H and O–H groups in total. The van der Waals surface area contributed by atoms with E-state index in [0.29, 0.717) is 5.56 Å². The number of benzene rings is 2. The Hall–Kier alpha value is -3.22. The largest absolute Gasteiger partial charge is 0.504 e. The van der Waals surface area contributed by atoms with Crippen molar-refractivity contribution in [2.45, 2.75) is 6.92 Å². The van der Waals surface area contributed by atoms with E-state index in [1.54, 1.807) is 6.92 Å². The molecule has 4 rings (SSSR count). The van der Waals surface area contributed by atoms with Gasteiger partial charge < -0.3 is 23.8 Å². The summed E-state index contributed by atoms with van der Waals surface area (Å²) in [6.45, 7) is 1.58. The minimum Gasteiger partial charge on any atom is -0.504 e. The molecule has 4 aromatic rings. The number of phenols is 2. The third-order valence-electron chi connectivity index (χ3n) is 3.95. The van der Waals surface area contributed by atoms with Crippen LogP contribution in [-0.2, 0) is 0 Å². The van der Waals surface area contributed by atoms with Crippen molar-refractivity contribution in [3.05, 3.63) is 38.5 Å². The molecule has 0 aliphatic carbocycles. The standard InChI is InChI=1S/C16H10O7/c1-5-3-6-9-10-7(16(20)22-13(9)11(5)18)4-8(17)12(21-2)14(10)23-15(6)19/h3-4,17-18H,1-2H3. The van der Waals surface area contributed by atoms with Crippen molar-refractivity contribution >= 4 is 32.7 Å². The number of methoxy groups -OCH3 is 1. The van der Waals surface area contributed by atoms with Gasteiger partial charge in [0.1, 0.15) is 0 Å². The van der Waals surface area contributed by atoms with E-state index in [1.165, 1.54) is 19.2 Å². The number of phenolic OH excluding ortho intramolecular Hbond substituents is 2. The topological polar surface area (TPSA) is 110 Å². The number of rotatable bonds is 1. The molecule has 2 aromatic heterocycles. The van der Waals surface area contributed by atoms with Gasteiger partial charge in [0.2, 0.25) is 5.75 Å². The Labute approximate surface area is 127 Å². The van der Waals surface area contributed by atoms with Crippen LogP contribution in [0.1, 0.15) is 5.56 Å². The minimum atomic E-state index is -0.767. The molecule has 2 aromatic carbocycles. The average Bonchev–Trinajstić information content (AvgIpc) is 2.51. The Bertz CT molecular complexity index is 1210. The zero-order valence-electron chi connectivity index (χ0n) is 12.1. The lowest BCUT2D eigenvalue weighted by atomic mass is 10.00. The Morgan fingerprint density at radius 2 is 1.52 bits per heavy atom. The Balaban J connectivity index is 2.51. The summed E-state index contributed by atoms with van der Waals surface area (Å²) in [6.07, 6.45) is 0. The van der Waals surface area contributed by atoms with Gasteiger partial charge in [0.15, 0.2) is 22.7 Å². The van der Waals surface area contributed by atoms with Gasteiger partial charge in [-0.2, -0.15) is 0 Å². The normalized spacial score (nSPS) is 11.7. The van der Waals surface area contributed by atoms with Gasteiger partial charge in [-0.05, 0) is 24.6 Å². The lowest BCUT2D eigenvalue weighted by Crippen LogP contribution is -2.07. The summed E-state index contributed by atoms with van der Waals surface area (Å²) in [6, 6.07) is 2.64. The van der Waals surface area contributed by atoms with Crippen molar-refractivity contribution < 1.29 is 23.8 Å². The molecule has 0 aliphatic rings. The highest BCUT2D eigenvalue weighted by Gasteiger charge is 2.24. The number of hydrogen-bond acceptors (Lipinski definition) is 7. The first kappa shape index (κ1) is 13.4. The first-order valence-corrected chi connectivity index (χ1v) is 6.69. The van der Waals surface area contributed by atoms with Crippen molar-refractivity contribution in [3.8, 4) is 17.2 Å². The summed E-state index contributed by atoms with van der Waals surface area (Å²) in [7, 11) is 1.30. The second-order valence-corrected chi connectivity index (χ2v) is 5.25. The molecule has 0 aliphatic heterocycles. The molecule has 116 valence electrons. The smallest absolute Gasteiger partial charge is 0.344 e. The van der Waals surface area contributed by atoms with Gasteiger partial charge in [-0.15, -0.1) is 0 Å². The Morgan fingerprint density at radius 1 is 0.957 bits per heavy atom. The van der Waals surface area contributed by atoms with Gasteiger partial charge in [-0.1, -0.05) is 0 Å². The second-order valence-electron chi connectivity index (χ2n) is 5.25. The summed E-state index contributed by atoms with van der Waals surface area (Å²) >= 11 is 0. The molecule has 0 atom stereocenters. The van der Waals surface area contributed by atoms with E-state index in [9.17, 15) is 19.8 Å². The maximum absolute atomic E-state index is 12.3. The third kappa shape index (κ3) is 1.53. The van der Waals surface area contributed by atoms with Gasteiger partial charge in [0.25, 0.3) is 0 Å². The minimum absolute atomic E-state index is 0.0304. The molecule has 0 amide bonds. The fourth-order valence-electron chi connectivity index (χ4n) is 2.91. The SMILES string of the molecule is COc1c(O)cc2c(=O)oc3c(O)c(C)cc4c(=O)oc1c2c34. The fraction of sp³-hybridized carbons (Fsp3) is 0.125. The van der Waals surface area contributed by atoms with E-state index >= 15 is 0 Å². The van der Waals surface area contributed by atoms with Crippen LogP contribution in [-0.4, -0.2) is 17.3 Å². The molecule has 0 saturated carbocycles. The third-order valence-corrected chi connectivity index (χ3v) is 3.95. The zero-order chi connectivity index (χ0) is 16.5. The molecule has 0 radical (unpaired) electrons. The number of hydrogen-bond donors (Lipinski definition) is 2. The van der Waals surface area contributed by atoms with Crippen molar-refractivity contribution in [3.63, 3.8) is 0 Å². The van der Waals surface area contributed by atoms with Crippen LogP contribution in [0, 0.1) is 6.92 Å². The van der Waals surface area contributed by atoms with Crippen LogP contribution in [0.5, 0.6) is 17.2 Å². The number of aryl methyl sites for hydroxylation is 1. The van der Waals surface area contributed by atoms with Gasteiger partial charge in [0.05, 0.1) is 17.9 Å². The van der Waals surface area contributed by atoms with Crippen LogP contribution in [0.15, 0.2) is 30.6 Å². The van der Waals surface area contributed by atoms with Gasteiger partial charge in [0, 0.05) is 10.8 Å². The molecule has 0 saturated heterocycles. The Kier molecular flexibility index (Phi) is 2.43. The van der Waals surface area contributed by atoms with Crippen LogP contribution in [0.4, 0.5) is 0 Å². The van der Waals surface area contributed by atoms with E-state index in [0.717, 1.165) is 0 Å². The lowest BCUT2D eigenvalue weighted by Gasteiger charge is -2.12. The van der Waals surface area contributed by atoms with Gasteiger partial charge in [-0.3, -0.25) is 0 Å². The quantitative estimate of drug-likeness (QED) is 0.409. The molecule has 23 heavy (non-hydrogen) atoms. The predicted molar refractivity (Wildman–Crippen MR) is 81.8 cm³/mol. The van der Waals surface area contributed by atoms with E-state index in [-0.39, 0.29) is 50.0 Å². The highest BCUT2D eigenvalue weighted by molar-refractivity contribution is 6.21. The second kappa shape index (κ2) is 4.16. The highest BCUT2D eigenvalue weighted by atomic mass is 16.5. The van der Waals surface area contributed by atoms with Crippen LogP contribution < -0.4 is 16.0 Å². The number of aromatic hydroxyl groups is 2. The molecular formula is C16H10O7. The van der Waals surface area contributed by atoms with Gasteiger partial charge >= 0.3 is 11.3 Å². The van der Waals surface area contributed by atoms with Crippen molar-refractivity contribution in [2.75, 3.05) is 7.11 Å². The summed E-state index contributed by atoms with van der Waals surface area (Å²) in [5, 5.41) is 20.9. The van der Waals surface area contributed by atoms with E-state index in [4.69, 9.17) is 13.6 Å². The van der Waals surface area contributed by atoms with Crippen LogP contribution in [0.25, 0.3) is 32.7 Å². The summed E-state index contributed by atoms with van der Waals surface area (Å²) in [5.41, 5.74) is -1.24. The Morgan fingerprint density at radius 3 is 2.17 bits per heavy atom. The average molecular weight is 314 g/mol. The maximum Gasteiger partial charge on any atom is 0.344 e. The van der Waals surface area contributed by atoms with Crippen molar-refractivity contribution in [1.29, 1.82) is 0 Å². The van der Waals surface area contributed by atoms with Crippen molar-refractivity contribution in [2.24, 2.45) is 0 Å². The summed E-state index contributed by atoms with van der Waals surface area (Å²) in [5.74, 6) is -0.645. The summed E-state index contributed by atoms with van der Waals surface area (Å²) < 4.78 is 15.5.